The summed E-state index contributed by atoms with van der Waals surface area (Å²) < 4.78 is 0. The minimum Gasteiger partial charge on any atom is -0.481 e. The summed E-state index contributed by atoms with van der Waals surface area (Å²) in [6, 6.07) is 15.1. The smallest absolute Gasteiger partial charge is 0.303 e. The summed E-state index contributed by atoms with van der Waals surface area (Å²) in [7, 11) is 0. The van der Waals surface area contributed by atoms with E-state index in [2.05, 4.69) is 63.6 Å². The van der Waals surface area contributed by atoms with Gasteiger partial charge in [-0.15, -0.1) is 0 Å². The molecule has 0 aliphatic heterocycles. The van der Waals surface area contributed by atoms with Gasteiger partial charge in [0.1, 0.15) is 6.04 Å². The van der Waals surface area contributed by atoms with Crippen LogP contribution < -0.4 is 16.6 Å². The van der Waals surface area contributed by atoms with Gasteiger partial charge in [-0.2, -0.15) is 0 Å². The molecule has 0 bridgehead atoms. The van der Waals surface area contributed by atoms with Gasteiger partial charge in [0.15, 0.2) is 0 Å². The molecule has 2 rings (SSSR count). The van der Waals surface area contributed by atoms with Crippen LogP contribution in [0.4, 0.5) is 5.69 Å². The molecule has 5 N–H and O–H groups in total. The second-order valence-corrected chi connectivity index (χ2v) is 10.9. The highest BCUT2D eigenvalue weighted by atomic mass is 16.4. The predicted molar refractivity (Wildman–Crippen MR) is 164 cm³/mol. The molecule has 0 heterocycles. The zero-order valence-electron chi connectivity index (χ0n) is 25.0. The number of para-hydroxylation sites is 1. The molecule has 0 saturated carbocycles. The van der Waals surface area contributed by atoms with Crippen molar-refractivity contribution in [1.82, 2.24) is 5.43 Å². The van der Waals surface area contributed by atoms with E-state index in [-0.39, 0.29) is 5.91 Å². The normalized spacial score (nSPS) is 11.7. The van der Waals surface area contributed by atoms with Crippen LogP contribution in [0, 0.1) is 0 Å². The van der Waals surface area contributed by atoms with Gasteiger partial charge in [-0.3, -0.25) is 15.4 Å². The molecular weight excluding hydrogens is 486 g/mol. The molecule has 218 valence electrons. The van der Waals surface area contributed by atoms with Gasteiger partial charge in [0, 0.05) is 12.1 Å². The van der Waals surface area contributed by atoms with Gasteiger partial charge in [0.05, 0.1) is 0 Å². The van der Waals surface area contributed by atoms with Crippen LogP contribution in [0.1, 0.15) is 140 Å². The number of rotatable bonds is 17. The van der Waals surface area contributed by atoms with Crippen LogP contribution in [0.3, 0.4) is 0 Å². The zero-order valence-corrected chi connectivity index (χ0v) is 25.0. The van der Waals surface area contributed by atoms with Crippen LogP contribution in [-0.4, -0.2) is 17.0 Å². The van der Waals surface area contributed by atoms with E-state index in [0.717, 1.165) is 35.2 Å². The molecule has 0 aliphatic rings. The molecule has 2 aromatic rings. The maximum Gasteiger partial charge on any atom is 0.303 e. The summed E-state index contributed by atoms with van der Waals surface area (Å²) >= 11 is 0. The molecule has 1 atom stereocenters. The van der Waals surface area contributed by atoms with Gasteiger partial charge in [-0.05, 0) is 34.9 Å². The maximum absolute atomic E-state index is 12.8. The van der Waals surface area contributed by atoms with E-state index in [1.54, 1.807) is 0 Å². The molecule has 0 fully saturated rings. The Labute approximate surface area is 237 Å². The molecule has 0 saturated heterocycles. The number of carbonyl (C=O) groups is 2. The number of nitrogens with one attached hydrogen (secondary N) is 2. The van der Waals surface area contributed by atoms with Crippen molar-refractivity contribution in [3.05, 3.63) is 65.2 Å². The van der Waals surface area contributed by atoms with Crippen LogP contribution in [-0.2, 0) is 9.59 Å². The SMILES string of the molecule is CC(C)c1cccc(C(C)C)c1NC(=O)C(NN)c1ccccc1.CCCCCCCCCCCCC(=O)O. The maximum atomic E-state index is 12.8. The molecule has 39 heavy (non-hydrogen) atoms. The molecule has 0 radical (unpaired) electrons. The summed E-state index contributed by atoms with van der Waals surface area (Å²) in [5.74, 6) is 5.47. The summed E-state index contributed by atoms with van der Waals surface area (Å²) in [6.45, 7) is 10.8. The fourth-order valence-corrected chi connectivity index (χ4v) is 4.62. The van der Waals surface area contributed by atoms with E-state index in [1.165, 1.54) is 51.4 Å². The standard InChI is InChI=1S/C20H27N3O.C13H26O2/c1-13(2)16-11-8-12-17(14(3)4)19(16)22-20(24)18(23-21)15-9-6-5-7-10-15;1-2-3-4-5-6-7-8-9-10-11-12-13(14)15/h5-14,18,23H,21H2,1-4H3,(H,22,24);2-12H2,1H3,(H,14,15). The lowest BCUT2D eigenvalue weighted by atomic mass is 9.92. The zero-order chi connectivity index (χ0) is 29.0. The van der Waals surface area contributed by atoms with Gasteiger partial charge in [-0.1, -0.05) is 141 Å². The monoisotopic (exact) mass is 539 g/mol. The fourth-order valence-electron chi connectivity index (χ4n) is 4.62. The molecular formula is C33H53N3O3. The summed E-state index contributed by atoms with van der Waals surface area (Å²) in [5.41, 5.74) is 6.64. The van der Waals surface area contributed by atoms with Crippen molar-refractivity contribution < 1.29 is 14.7 Å². The average molecular weight is 540 g/mol. The Bertz CT molecular complexity index is 918. The number of unbranched alkanes of at least 4 members (excludes halogenated alkanes) is 9. The topological polar surface area (TPSA) is 104 Å². The first-order valence-corrected chi connectivity index (χ1v) is 14.9. The number of carboxylic acid groups (broad SMARTS) is 1. The average Bonchev–Trinajstić information content (AvgIpc) is 2.91. The molecule has 0 aliphatic carbocycles. The lowest BCUT2D eigenvalue weighted by molar-refractivity contribution is -0.137. The molecule has 6 nitrogen and oxygen atoms in total. The van der Waals surface area contributed by atoms with E-state index < -0.39 is 12.0 Å². The van der Waals surface area contributed by atoms with Crippen molar-refractivity contribution in [2.75, 3.05) is 5.32 Å². The Hall–Kier alpha value is -2.70. The number of hydrazine groups is 1. The van der Waals surface area contributed by atoms with Gasteiger partial charge in [0.25, 0.3) is 0 Å². The lowest BCUT2D eigenvalue weighted by Gasteiger charge is -2.23. The predicted octanol–water partition coefficient (Wildman–Crippen LogP) is 8.46. The number of carboxylic acids is 1. The lowest BCUT2D eigenvalue weighted by Crippen LogP contribution is -2.37. The van der Waals surface area contributed by atoms with Crippen molar-refractivity contribution in [2.24, 2.45) is 5.84 Å². The van der Waals surface area contributed by atoms with Crippen LogP contribution in [0.5, 0.6) is 0 Å². The third kappa shape index (κ3) is 13.8. The molecule has 2 aromatic carbocycles. The minimum atomic E-state index is -0.658. The summed E-state index contributed by atoms with van der Waals surface area (Å²) in [6.07, 6.45) is 12.9. The fraction of sp³-hybridized carbons (Fsp3) is 0.576. The Morgan fingerprint density at radius 3 is 1.67 bits per heavy atom. The highest BCUT2D eigenvalue weighted by Crippen LogP contribution is 2.33. The number of nitrogens with two attached hydrogens (primary N) is 1. The number of hydrogen-bond acceptors (Lipinski definition) is 4. The van der Waals surface area contributed by atoms with E-state index in [9.17, 15) is 9.59 Å². The van der Waals surface area contributed by atoms with Crippen LogP contribution in [0.15, 0.2) is 48.5 Å². The van der Waals surface area contributed by atoms with Crippen molar-refractivity contribution in [3.63, 3.8) is 0 Å². The first kappa shape index (κ1) is 34.3. The van der Waals surface area contributed by atoms with Crippen LogP contribution in [0.2, 0.25) is 0 Å². The van der Waals surface area contributed by atoms with Crippen molar-refractivity contribution in [1.29, 1.82) is 0 Å². The Morgan fingerprint density at radius 1 is 0.744 bits per heavy atom. The molecule has 1 amide bonds. The van der Waals surface area contributed by atoms with E-state index in [1.807, 2.05) is 30.3 Å². The van der Waals surface area contributed by atoms with Crippen molar-refractivity contribution in [3.8, 4) is 0 Å². The first-order chi connectivity index (χ1) is 18.7. The van der Waals surface area contributed by atoms with E-state index >= 15 is 0 Å². The molecule has 0 spiro atoms. The third-order valence-corrected chi connectivity index (χ3v) is 6.93. The number of amides is 1. The number of carbonyl (C=O) groups excluding carboxylic acids is 1. The highest BCUT2D eigenvalue weighted by molar-refractivity contribution is 5.97. The van der Waals surface area contributed by atoms with Crippen LogP contribution >= 0.6 is 0 Å². The Kier molecular flexibility index (Phi) is 17.8. The van der Waals surface area contributed by atoms with Gasteiger partial charge in [-0.25, -0.2) is 5.43 Å². The number of anilines is 1. The van der Waals surface area contributed by atoms with Gasteiger partial charge in [0.2, 0.25) is 5.91 Å². The first-order valence-electron chi connectivity index (χ1n) is 14.9. The van der Waals surface area contributed by atoms with E-state index in [0.29, 0.717) is 18.3 Å². The largest absolute Gasteiger partial charge is 0.481 e. The summed E-state index contributed by atoms with van der Waals surface area (Å²) in [5, 5.41) is 11.5. The van der Waals surface area contributed by atoms with Crippen molar-refractivity contribution >= 4 is 17.6 Å². The van der Waals surface area contributed by atoms with Crippen LogP contribution in [0.25, 0.3) is 0 Å². The highest BCUT2D eigenvalue weighted by Gasteiger charge is 2.22. The number of hydrogen-bond donors (Lipinski definition) is 4. The summed E-state index contributed by atoms with van der Waals surface area (Å²) in [4.78, 5) is 23.1. The van der Waals surface area contributed by atoms with Gasteiger partial charge >= 0.3 is 5.97 Å². The minimum absolute atomic E-state index is 0.154. The quantitative estimate of drug-likeness (QED) is 0.0917. The second-order valence-electron chi connectivity index (χ2n) is 10.9. The number of benzene rings is 2. The van der Waals surface area contributed by atoms with Gasteiger partial charge < -0.3 is 10.4 Å². The van der Waals surface area contributed by atoms with Crippen molar-refractivity contribution in [2.45, 2.75) is 123 Å². The Morgan fingerprint density at radius 2 is 1.23 bits per heavy atom. The Balaban J connectivity index is 0.000000439. The third-order valence-electron chi connectivity index (χ3n) is 6.93. The molecule has 6 heteroatoms. The second kappa shape index (κ2) is 20.2. The molecule has 1 unspecified atom stereocenters. The van der Waals surface area contributed by atoms with E-state index in [4.69, 9.17) is 10.9 Å². The molecule has 0 aromatic heterocycles. The number of aliphatic carboxylic acids is 1.